The number of ether oxygens (including phenoxy) is 1. The van der Waals surface area contributed by atoms with Crippen molar-refractivity contribution < 1.29 is 14.6 Å². The molecule has 1 N–H and O–H groups in total. The Morgan fingerprint density at radius 3 is 2.17 bits per heavy atom. The Morgan fingerprint density at radius 2 is 1.48 bits per heavy atom. The molecule has 0 heterocycles. The highest BCUT2D eigenvalue weighted by molar-refractivity contribution is 5.89. The van der Waals surface area contributed by atoms with Crippen LogP contribution >= 0.6 is 0 Å². The van der Waals surface area contributed by atoms with E-state index in [0.717, 1.165) is 27.8 Å². The van der Waals surface area contributed by atoms with Crippen LogP contribution in [0, 0.1) is 6.92 Å². The predicted octanol–water partition coefficient (Wildman–Crippen LogP) is 5.39. The first-order valence-electron chi connectivity index (χ1n) is 7.32. The van der Waals surface area contributed by atoms with E-state index < -0.39 is 6.16 Å². The van der Waals surface area contributed by atoms with Crippen LogP contribution < -0.4 is 4.74 Å². The van der Waals surface area contributed by atoms with Crippen LogP contribution in [0.1, 0.15) is 5.56 Å². The number of hydrogen-bond donors (Lipinski definition) is 1. The average Bonchev–Trinajstić information content (AvgIpc) is 2.55. The summed E-state index contributed by atoms with van der Waals surface area (Å²) in [6.45, 7) is 2.04. The first-order chi connectivity index (χ1) is 11.2. The van der Waals surface area contributed by atoms with Crippen LogP contribution in [0.2, 0.25) is 0 Å². The zero-order valence-electron chi connectivity index (χ0n) is 12.7. The van der Waals surface area contributed by atoms with Gasteiger partial charge in [-0.25, -0.2) is 4.79 Å². The van der Waals surface area contributed by atoms with E-state index in [1.807, 2.05) is 73.7 Å². The molecule has 0 atom stereocenters. The normalized spacial score (nSPS) is 10.3. The molecule has 0 radical (unpaired) electrons. The molecule has 0 fully saturated rings. The maximum Gasteiger partial charge on any atom is 0.511 e. The summed E-state index contributed by atoms with van der Waals surface area (Å²) < 4.78 is 5.02. The van der Waals surface area contributed by atoms with Gasteiger partial charge in [-0.1, -0.05) is 66.7 Å². The number of hydrogen-bond acceptors (Lipinski definition) is 2. The van der Waals surface area contributed by atoms with E-state index >= 15 is 0 Å². The van der Waals surface area contributed by atoms with Crippen LogP contribution in [0.4, 0.5) is 4.79 Å². The van der Waals surface area contributed by atoms with Gasteiger partial charge in [0.2, 0.25) is 0 Å². The van der Waals surface area contributed by atoms with Crippen LogP contribution in [-0.4, -0.2) is 11.3 Å². The highest BCUT2D eigenvalue weighted by Crippen LogP contribution is 2.40. The summed E-state index contributed by atoms with van der Waals surface area (Å²) in [5.74, 6) is 0.337. The smallest absolute Gasteiger partial charge is 0.449 e. The highest BCUT2D eigenvalue weighted by atomic mass is 16.7. The van der Waals surface area contributed by atoms with Gasteiger partial charge in [0, 0.05) is 5.56 Å². The third kappa shape index (κ3) is 3.09. The van der Waals surface area contributed by atoms with Gasteiger partial charge in [-0.05, 0) is 35.2 Å². The summed E-state index contributed by atoms with van der Waals surface area (Å²) in [6.07, 6.45) is -1.32. The summed E-state index contributed by atoms with van der Waals surface area (Å²) >= 11 is 0. The van der Waals surface area contributed by atoms with Crippen molar-refractivity contribution in [2.45, 2.75) is 6.92 Å². The Balaban J connectivity index is 2.28. The second-order valence-electron chi connectivity index (χ2n) is 5.23. The SMILES string of the molecule is Cc1ccccc1-c1cccc(OC(=O)O)c1-c1ccccc1. The molecule has 114 valence electrons. The monoisotopic (exact) mass is 304 g/mol. The van der Waals surface area contributed by atoms with E-state index in [1.54, 1.807) is 6.07 Å². The van der Waals surface area contributed by atoms with E-state index in [-0.39, 0.29) is 0 Å². The van der Waals surface area contributed by atoms with Crippen molar-refractivity contribution in [3.05, 3.63) is 78.4 Å². The second kappa shape index (κ2) is 6.36. The molecular weight excluding hydrogens is 288 g/mol. The van der Waals surface area contributed by atoms with Crippen molar-refractivity contribution in [3.63, 3.8) is 0 Å². The zero-order valence-corrected chi connectivity index (χ0v) is 12.7. The van der Waals surface area contributed by atoms with E-state index in [0.29, 0.717) is 5.75 Å². The third-order valence-corrected chi connectivity index (χ3v) is 3.72. The summed E-state index contributed by atoms with van der Waals surface area (Å²) in [5.41, 5.74) is 4.83. The van der Waals surface area contributed by atoms with Gasteiger partial charge in [-0.15, -0.1) is 0 Å². The number of carboxylic acid groups (broad SMARTS) is 1. The molecule has 0 spiro atoms. The van der Waals surface area contributed by atoms with Gasteiger partial charge < -0.3 is 9.84 Å². The van der Waals surface area contributed by atoms with Crippen LogP contribution in [0.5, 0.6) is 5.75 Å². The minimum absolute atomic E-state index is 0.337. The molecule has 23 heavy (non-hydrogen) atoms. The van der Waals surface area contributed by atoms with Crippen LogP contribution in [0.25, 0.3) is 22.3 Å². The van der Waals surface area contributed by atoms with Gasteiger partial charge in [-0.2, -0.15) is 0 Å². The quantitative estimate of drug-likeness (QED) is 0.521. The molecule has 3 heteroatoms. The molecule has 3 nitrogen and oxygen atoms in total. The first kappa shape index (κ1) is 14.9. The van der Waals surface area contributed by atoms with Crippen LogP contribution in [0.15, 0.2) is 72.8 Å². The Kier molecular flexibility index (Phi) is 4.11. The lowest BCUT2D eigenvalue weighted by molar-refractivity contribution is 0.144. The van der Waals surface area contributed by atoms with E-state index in [2.05, 4.69) is 0 Å². The number of benzene rings is 3. The zero-order chi connectivity index (χ0) is 16.2. The Labute approximate surface area is 134 Å². The maximum absolute atomic E-state index is 11.0. The van der Waals surface area contributed by atoms with E-state index in [9.17, 15) is 4.79 Å². The fraction of sp³-hybridized carbons (Fsp3) is 0.0500. The fourth-order valence-electron chi connectivity index (χ4n) is 2.71. The molecule has 0 saturated heterocycles. The Morgan fingerprint density at radius 1 is 0.826 bits per heavy atom. The second-order valence-corrected chi connectivity index (χ2v) is 5.23. The molecule has 0 aliphatic heterocycles. The van der Waals surface area contributed by atoms with Crippen molar-refractivity contribution in [1.82, 2.24) is 0 Å². The van der Waals surface area contributed by atoms with Gasteiger partial charge in [0.05, 0.1) is 0 Å². The van der Waals surface area contributed by atoms with Crippen LogP contribution in [-0.2, 0) is 0 Å². The standard InChI is InChI=1S/C20H16O3/c1-14-8-5-6-11-16(14)17-12-7-13-18(23-20(21)22)19(17)15-9-3-2-4-10-15/h2-13H,1H3,(H,21,22). The van der Waals surface area contributed by atoms with Gasteiger partial charge in [-0.3, -0.25) is 0 Å². The van der Waals surface area contributed by atoms with Crippen molar-refractivity contribution in [3.8, 4) is 28.0 Å². The largest absolute Gasteiger partial charge is 0.511 e. The maximum atomic E-state index is 11.0. The molecule has 0 amide bonds. The summed E-state index contributed by atoms with van der Waals surface area (Å²) in [5, 5.41) is 9.03. The molecule has 3 aromatic rings. The molecule has 0 saturated carbocycles. The van der Waals surface area contributed by atoms with E-state index in [4.69, 9.17) is 9.84 Å². The van der Waals surface area contributed by atoms with Gasteiger partial charge in [0.1, 0.15) is 5.75 Å². The summed E-state index contributed by atoms with van der Waals surface area (Å²) in [7, 11) is 0. The summed E-state index contributed by atoms with van der Waals surface area (Å²) in [4.78, 5) is 11.0. The van der Waals surface area contributed by atoms with Crippen molar-refractivity contribution >= 4 is 6.16 Å². The topological polar surface area (TPSA) is 46.5 Å². The van der Waals surface area contributed by atoms with E-state index in [1.165, 1.54) is 0 Å². The minimum Gasteiger partial charge on any atom is -0.449 e. The number of carbonyl (C=O) groups is 1. The predicted molar refractivity (Wildman–Crippen MR) is 90.7 cm³/mol. The molecular formula is C20H16O3. The lowest BCUT2D eigenvalue weighted by Gasteiger charge is -2.15. The average molecular weight is 304 g/mol. The molecule has 0 aliphatic rings. The number of aryl methyl sites for hydroxylation is 1. The molecule has 0 aliphatic carbocycles. The van der Waals surface area contributed by atoms with Gasteiger partial charge in [0.15, 0.2) is 0 Å². The van der Waals surface area contributed by atoms with Gasteiger partial charge in [0.25, 0.3) is 0 Å². The molecule has 0 unspecified atom stereocenters. The Hall–Kier alpha value is -3.07. The highest BCUT2D eigenvalue weighted by Gasteiger charge is 2.16. The summed E-state index contributed by atoms with van der Waals surface area (Å²) in [6, 6.07) is 23.2. The molecule has 3 aromatic carbocycles. The molecule has 0 bridgehead atoms. The van der Waals surface area contributed by atoms with Crippen molar-refractivity contribution in [2.24, 2.45) is 0 Å². The fourth-order valence-corrected chi connectivity index (χ4v) is 2.71. The van der Waals surface area contributed by atoms with Gasteiger partial charge >= 0.3 is 6.16 Å². The molecule has 3 rings (SSSR count). The van der Waals surface area contributed by atoms with Crippen LogP contribution in [0.3, 0.4) is 0 Å². The minimum atomic E-state index is -1.32. The van der Waals surface area contributed by atoms with Crippen molar-refractivity contribution in [1.29, 1.82) is 0 Å². The lowest BCUT2D eigenvalue weighted by Crippen LogP contribution is -2.04. The van der Waals surface area contributed by atoms with Crippen molar-refractivity contribution in [2.75, 3.05) is 0 Å². The Bertz CT molecular complexity index is 839. The number of rotatable bonds is 3. The first-order valence-corrected chi connectivity index (χ1v) is 7.32. The lowest BCUT2D eigenvalue weighted by atomic mass is 9.91. The third-order valence-electron chi connectivity index (χ3n) is 3.72. The molecule has 0 aromatic heterocycles.